The van der Waals surface area contributed by atoms with Crippen LogP contribution < -0.4 is 10.6 Å². The van der Waals surface area contributed by atoms with Crippen LogP contribution in [0, 0.1) is 12.7 Å². The van der Waals surface area contributed by atoms with Crippen molar-refractivity contribution in [1.82, 2.24) is 0 Å². The molecule has 1 aliphatic heterocycles. The van der Waals surface area contributed by atoms with Crippen molar-refractivity contribution in [3.63, 3.8) is 0 Å². The Balaban J connectivity index is 2.33. The van der Waals surface area contributed by atoms with Gasteiger partial charge in [0.25, 0.3) is 0 Å². The second kappa shape index (κ2) is 5.24. The maximum absolute atomic E-state index is 13.6. The van der Waals surface area contributed by atoms with Crippen molar-refractivity contribution in [3.05, 3.63) is 29.1 Å². The van der Waals surface area contributed by atoms with E-state index in [9.17, 15) is 9.50 Å². The van der Waals surface area contributed by atoms with Gasteiger partial charge in [-0.2, -0.15) is 0 Å². The quantitative estimate of drug-likeness (QED) is 0.847. The second-order valence-electron chi connectivity index (χ2n) is 5.17. The molecular formula is C14H21FN2O. The van der Waals surface area contributed by atoms with Gasteiger partial charge in [-0.25, -0.2) is 4.39 Å². The first-order valence-corrected chi connectivity index (χ1v) is 6.47. The molecule has 1 fully saturated rings. The molecule has 1 aromatic rings. The van der Waals surface area contributed by atoms with E-state index < -0.39 is 0 Å². The molecule has 0 radical (unpaired) electrons. The summed E-state index contributed by atoms with van der Waals surface area (Å²) in [5, 5.41) is 9.54. The van der Waals surface area contributed by atoms with E-state index in [-0.39, 0.29) is 18.0 Å². The molecular weight excluding hydrogens is 231 g/mol. The predicted octanol–water partition coefficient (Wildman–Crippen LogP) is 2.11. The highest BCUT2D eigenvalue weighted by Crippen LogP contribution is 2.30. The van der Waals surface area contributed by atoms with Crippen molar-refractivity contribution in [3.8, 4) is 0 Å². The number of aliphatic hydroxyl groups is 1. The Labute approximate surface area is 107 Å². The van der Waals surface area contributed by atoms with Crippen molar-refractivity contribution in [1.29, 1.82) is 0 Å². The predicted molar refractivity (Wildman–Crippen MR) is 71.2 cm³/mol. The topological polar surface area (TPSA) is 49.5 Å². The van der Waals surface area contributed by atoms with Gasteiger partial charge in [-0.05, 0) is 49.9 Å². The summed E-state index contributed by atoms with van der Waals surface area (Å²) in [7, 11) is 0. The second-order valence-corrected chi connectivity index (χ2v) is 5.17. The van der Waals surface area contributed by atoms with Crippen molar-refractivity contribution in [2.45, 2.75) is 38.8 Å². The molecule has 0 unspecified atom stereocenters. The third-order valence-corrected chi connectivity index (χ3v) is 3.60. The summed E-state index contributed by atoms with van der Waals surface area (Å²) < 4.78 is 13.6. The zero-order valence-corrected chi connectivity index (χ0v) is 11.0. The molecule has 1 heterocycles. The Kier molecular flexibility index (Phi) is 3.88. The van der Waals surface area contributed by atoms with E-state index in [0.29, 0.717) is 5.56 Å². The van der Waals surface area contributed by atoms with Gasteiger partial charge in [0.05, 0.1) is 6.10 Å². The first kappa shape index (κ1) is 13.3. The highest BCUT2D eigenvalue weighted by atomic mass is 19.1. The van der Waals surface area contributed by atoms with E-state index >= 15 is 0 Å². The van der Waals surface area contributed by atoms with Crippen molar-refractivity contribution >= 4 is 5.69 Å². The molecule has 3 N–H and O–H groups in total. The Morgan fingerprint density at radius 3 is 2.56 bits per heavy atom. The molecule has 0 spiro atoms. The van der Waals surface area contributed by atoms with Gasteiger partial charge < -0.3 is 15.7 Å². The van der Waals surface area contributed by atoms with E-state index in [1.807, 2.05) is 13.0 Å². The summed E-state index contributed by atoms with van der Waals surface area (Å²) in [6, 6.07) is 3.22. The standard InChI is InChI=1S/C14H21FN2O/c1-9-7-14(12(10(2)16)8-13(9)15)17-5-3-11(18)4-6-17/h7-8,10-11,18H,3-6,16H2,1-2H3/t10-/m1/s1. The number of aliphatic hydroxyl groups excluding tert-OH is 1. The average molecular weight is 252 g/mol. The zero-order valence-electron chi connectivity index (χ0n) is 11.0. The molecule has 18 heavy (non-hydrogen) atoms. The first-order valence-electron chi connectivity index (χ1n) is 6.47. The SMILES string of the molecule is Cc1cc(N2CCC(O)CC2)c([C@@H](C)N)cc1F. The lowest BCUT2D eigenvalue weighted by molar-refractivity contribution is 0.145. The molecule has 4 heteroatoms. The minimum absolute atomic E-state index is 0.193. The van der Waals surface area contributed by atoms with Crippen LogP contribution in [0.4, 0.5) is 10.1 Å². The zero-order chi connectivity index (χ0) is 13.3. The number of nitrogens with two attached hydrogens (primary N) is 1. The van der Waals surface area contributed by atoms with E-state index in [1.54, 1.807) is 13.0 Å². The number of nitrogens with zero attached hydrogens (tertiary/aromatic N) is 1. The molecule has 2 rings (SSSR count). The number of anilines is 1. The molecule has 100 valence electrons. The molecule has 1 saturated heterocycles. The summed E-state index contributed by atoms with van der Waals surface area (Å²) in [4.78, 5) is 2.19. The van der Waals surface area contributed by atoms with Gasteiger partial charge in [0.15, 0.2) is 0 Å². The van der Waals surface area contributed by atoms with Crippen molar-refractivity contribution in [2.24, 2.45) is 5.73 Å². The molecule has 0 aliphatic carbocycles. The number of halogens is 1. The molecule has 1 atom stereocenters. The van der Waals surface area contributed by atoms with Crippen LogP contribution in [0.3, 0.4) is 0 Å². The fourth-order valence-corrected chi connectivity index (χ4v) is 2.43. The van der Waals surface area contributed by atoms with Crippen molar-refractivity contribution < 1.29 is 9.50 Å². The maximum Gasteiger partial charge on any atom is 0.126 e. The first-order chi connectivity index (χ1) is 8.49. The fraction of sp³-hybridized carbons (Fsp3) is 0.571. The van der Waals surface area contributed by atoms with E-state index in [2.05, 4.69) is 4.90 Å². The summed E-state index contributed by atoms with van der Waals surface area (Å²) in [5.74, 6) is -0.205. The molecule has 0 bridgehead atoms. The van der Waals surface area contributed by atoms with Crippen LogP contribution in [-0.2, 0) is 0 Å². The van der Waals surface area contributed by atoms with E-state index in [0.717, 1.165) is 37.2 Å². The van der Waals surface area contributed by atoms with Crippen LogP contribution in [0.2, 0.25) is 0 Å². The minimum atomic E-state index is -0.207. The molecule has 0 aromatic heterocycles. The lowest BCUT2D eigenvalue weighted by atomic mass is 10.00. The molecule has 1 aliphatic rings. The maximum atomic E-state index is 13.6. The molecule has 1 aromatic carbocycles. The largest absolute Gasteiger partial charge is 0.393 e. The molecule has 3 nitrogen and oxygen atoms in total. The third-order valence-electron chi connectivity index (χ3n) is 3.60. The third kappa shape index (κ3) is 2.65. The summed E-state index contributed by atoms with van der Waals surface area (Å²) in [6.07, 6.45) is 1.31. The van der Waals surface area contributed by atoms with Gasteiger partial charge in [-0.1, -0.05) is 0 Å². The number of benzene rings is 1. The number of rotatable bonds is 2. The number of hydrogen-bond acceptors (Lipinski definition) is 3. The Hall–Kier alpha value is -1.13. The smallest absolute Gasteiger partial charge is 0.126 e. The van der Waals surface area contributed by atoms with Crippen LogP contribution >= 0.6 is 0 Å². The van der Waals surface area contributed by atoms with Crippen LogP contribution in [0.1, 0.15) is 36.9 Å². The Morgan fingerprint density at radius 1 is 1.39 bits per heavy atom. The van der Waals surface area contributed by atoms with Gasteiger partial charge in [-0.3, -0.25) is 0 Å². The molecule has 0 amide bonds. The lowest BCUT2D eigenvalue weighted by Gasteiger charge is -2.33. The van der Waals surface area contributed by atoms with E-state index in [4.69, 9.17) is 5.73 Å². The van der Waals surface area contributed by atoms with Gasteiger partial charge in [-0.15, -0.1) is 0 Å². The number of aryl methyl sites for hydroxylation is 1. The van der Waals surface area contributed by atoms with Crippen LogP contribution in [0.25, 0.3) is 0 Å². The lowest BCUT2D eigenvalue weighted by Crippen LogP contribution is -2.36. The number of hydrogen-bond donors (Lipinski definition) is 2. The molecule has 0 saturated carbocycles. The fourth-order valence-electron chi connectivity index (χ4n) is 2.43. The average Bonchev–Trinajstić information content (AvgIpc) is 2.33. The van der Waals surface area contributed by atoms with Crippen LogP contribution in [0.5, 0.6) is 0 Å². The van der Waals surface area contributed by atoms with Crippen molar-refractivity contribution in [2.75, 3.05) is 18.0 Å². The van der Waals surface area contributed by atoms with Gasteiger partial charge >= 0.3 is 0 Å². The van der Waals surface area contributed by atoms with Gasteiger partial charge in [0.2, 0.25) is 0 Å². The summed E-state index contributed by atoms with van der Waals surface area (Å²) in [6.45, 7) is 5.23. The summed E-state index contributed by atoms with van der Waals surface area (Å²) in [5.41, 5.74) is 8.42. The van der Waals surface area contributed by atoms with Crippen LogP contribution in [0.15, 0.2) is 12.1 Å². The summed E-state index contributed by atoms with van der Waals surface area (Å²) >= 11 is 0. The minimum Gasteiger partial charge on any atom is -0.393 e. The highest BCUT2D eigenvalue weighted by molar-refractivity contribution is 5.57. The van der Waals surface area contributed by atoms with Gasteiger partial charge in [0, 0.05) is 24.8 Å². The van der Waals surface area contributed by atoms with Gasteiger partial charge in [0.1, 0.15) is 5.82 Å². The van der Waals surface area contributed by atoms with Crippen LogP contribution in [-0.4, -0.2) is 24.3 Å². The van der Waals surface area contributed by atoms with E-state index in [1.165, 1.54) is 0 Å². The Morgan fingerprint density at radius 2 is 2.00 bits per heavy atom. The highest BCUT2D eigenvalue weighted by Gasteiger charge is 2.21. The Bertz CT molecular complexity index is 426. The normalized spacial score (nSPS) is 19.1. The number of piperidine rings is 1. The monoisotopic (exact) mass is 252 g/mol.